The molecule has 6 heteroatoms. The van der Waals surface area contributed by atoms with E-state index in [1.165, 1.54) is 96.3 Å². The van der Waals surface area contributed by atoms with Gasteiger partial charge in [-0.05, 0) is 83.5 Å². The fraction of sp³-hybridized carbons (Fsp3) is 0.780. The average molecular weight is 785 g/mol. The third-order valence-electron chi connectivity index (χ3n) is 10.1. The topological polar surface area (TPSA) is 78.9 Å². The third kappa shape index (κ3) is 42.5. The van der Waals surface area contributed by atoms with Crippen molar-refractivity contribution in [3.63, 3.8) is 0 Å². The van der Waals surface area contributed by atoms with Crippen molar-refractivity contribution in [3.8, 4) is 0 Å². The first-order valence-electron chi connectivity index (χ1n) is 23.6. The van der Waals surface area contributed by atoms with Gasteiger partial charge in [0.25, 0.3) is 0 Å². The van der Waals surface area contributed by atoms with Crippen LogP contribution in [0.1, 0.15) is 233 Å². The lowest BCUT2D eigenvalue weighted by molar-refractivity contribution is -0.167. The quantitative estimate of drug-likeness (QED) is 0.0265. The monoisotopic (exact) mass is 785 g/mol. The Morgan fingerprint density at radius 3 is 1.05 bits per heavy atom. The zero-order valence-corrected chi connectivity index (χ0v) is 36.9. The molecule has 56 heavy (non-hydrogen) atoms. The average Bonchev–Trinajstić information content (AvgIpc) is 3.19. The smallest absolute Gasteiger partial charge is 0.306 e. The Morgan fingerprint density at radius 1 is 0.357 bits per heavy atom. The lowest BCUT2D eigenvalue weighted by Crippen LogP contribution is -2.30. The van der Waals surface area contributed by atoms with Gasteiger partial charge in [-0.25, -0.2) is 0 Å². The number of rotatable bonds is 42. The van der Waals surface area contributed by atoms with E-state index < -0.39 is 6.10 Å². The van der Waals surface area contributed by atoms with Crippen LogP contribution in [-0.2, 0) is 28.6 Å². The van der Waals surface area contributed by atoms with E-state index in [0.717, 1.165) is 96.3 Å². The predicted octanol–water partition coefficient (Wildman–Crippen LogP) is 15.1. The molecule has 0 heterocycles. The van der Waals surface area contributed by atoms with Crippen LogP contribution in [0.25, 0.3) is 0 Å². The van der Waals surface area contributed by atoms with Crippen LogP contribution in [0.5, 0.6) is 0 Å². The molecule has 0 aliphatic heterocycles. The van der Waals surface area contributed by atoms with E-state index in [9.17, 15) is 14.4 Å². The van der Waals surface area contributed by atoms with Gasteiger partial charge < -0.3 is 14.2 Å². The number of allylic oxidation sites excluding steroid dienone is 8. The lowest BCUT2D eigenvalue weighted by Gasteiger charge is -2.18. The normalized spacial score (nSPS) is 12.4. The fourth-order valence-corrected chi connectivity index (χ4v) is 6.44. The van der Waals surface area contributed by atoms with Gasteiger partial charge >= 0.3 is 17.9 Å². The minimum atomic E-state index is -0.776. The van der Waals surface area contributed by atoms with Gasteiger partial charge in [-0.2, -0.15) is 0 Å². The highest BCUT2D eigenvalue weighted by Crippen LogP contribution is 2.13. The number of carbonyl (C=O) groups is 3. The van der Waals surface area contributed by atoms with Crippen LogP contribution in [-0.4, -0.2) is 37.2 Å². The summed E-state index contributed by atoms with van der Waals surface area (Å²) in [6.45, 7) is 6.49. The second kappa shape index (κ2) is 45.1. The molecule has 0 aromatic heterocycles. The van der Waals surface area contributed by atoms with Crippen LogP contribution in [0.4, 0.5) is 0 Å². The third-order valence-corrected chi connectivity index (χ3v) is 10.1. The van der Waals surface area contributed by atoms with E-state index in [4.69, 9.17) is 14.2 Å². The highest BCUT2D eigenvalue weighted by Gasteiger charge is 2.19. The molecule has 6 nitrogen and oxygen atoms in total. The minimum absolute atomic E-state index is 0.0817. The van der Waals surface area contributed by atoms with Crippen molar-refractivity contribution in [1.29, 1.82) is 0 Å². The number of hydrogen-bond donors (Lipinski definition) is 0. The highest BCUT2D eigenvalue weighted by atomic mass is 16.6. The summed E-state index contributed by atoms with van der Waals surface area (Å²) in [5.74, 6) is -0.918. The molecular formula is C50H88O6. The Kier molecular flexibility index (Phi) is 43.0. The molecule has 0 spiro atoms. The Bertz CT molecular complexity index is 996. The molecule has 1 atom stereocenters. The van der Waals surface area contributed by atoms with E-state index >= 15 is 0 Å². The molecule has 0 fully saturated rings. The molecule has 0 aromatic carbocycles. The zero-order chi connectivity index (χ0) is 40.8. The Labute approximate surface area is 346 Å². The second-order valence-electron chi connectivity index (χ2n) is 15.7. The first-order valence-corrected chi connectivity index (χ1v) is 23.6. The van der Waals surface area contributed by atoms with Crippen molar-refractivity contribution < 1.29 is 28.6 Å². The first-order chi connectivity index (χ1) is 27.5. The van der Waals surface area contributed by atoms with E-state index in [0.29, 0.717) is 19.3 Å². The SMILES string of the molecule is CCCCC/C=C\CCCCCCCC(=O)OC(COC(=O)CCCCCCC)COC(=O)CCCCCCCC/C=C\C/C=C\C/C=C\CCCCCCC. The minimum Gasteiger partial charge on any atom is -0.462 e. The summed E-state index contributed by atoms with van der Waals surface area (Å²) in [7, 11) is 0. The molecule has 0 aliphatic rings. The Balaban J connectivity index is 4.19. The van der Waals surface area contributed by atoms with Gasteiger partial charge in [-0.3, -0.25) is 14.4 Å². The summed E-state index contributed by atoms with van der Waals surface area (Å²) >= 11 is 0. The molecule has 0 bridgehead atoms. The number of hydrogen-bond acceptors (Lipinski definition) is 6. The fourth-order valence-electron chi connectivity index (χ4n) is 6.44. The molecule has 0 radical (unpaired) electrons. The largest absolute Gasteiger partial charge is 0.462 e. The van der Waals surface area contributed by atoms with Crippen molar-refractivity contribution >= 4 is 17.9 Å². The summed E-state index contributed by atoms with van der Waals surface area (Å²) in [5.41, 5.74) is 0. The molecule has 1 unspecified atom stereocenters. The number of carbonyl (C=O) groups excluding carboxylic acids is 3. The zero-order valence-electron chi connectivity index (χ0n) is 36.9. The van der Waals surface area contributed by atoms with Crippen LogP contribution in [0.2, 0.25) is 0 Å². The molecule has 0 aliphatic carbocycles. The molecule has 0 rings (SSSR count). The van der Waals surface area contributed by atoms with Crippen molar-refractivity contribution in [2.75, 3.05) is 13.2 Å². The van der Waals surface area contributed by atoms with Crippen LogP contribution in [0.15, 0.2) is 48.6 Å². The van der Waals surface area contributed by atoms with Gasteiger partial charge in [-0.1, -0.05) is 179 Å². The van der Waals surface area contributed by atoms with Crippen molar-refractivity contribution in [3.05, 3.63) is 48.6 Å². The summed E-state index contributed by atoms with van der Waals surface area (Å²) in [6, 6.07) is 0. The molecule has 0 aromatic rings. The van der Waals surface area contributed by atoms with E-state index in [1.54, 1.807) is 0 Å². The highest BCUT2D eigenvalue weighted by molar-refractivity contribution is 5.71. The maximum Gasteiger partial charge on any atom is 0.306 e. The number of unbranched alkanes of at least 4 members (excludes halogenated alkanes) is 23. The van der Waals surface area contributed by atoms with Crippen molar-refractivity contribution in [2.45, 2.75) is 239 Å². The second-order valence-corrected chi connectivity index (χ2v) is 15.7. The maximum atomic E-state index is 12.6. The van der Waals surface area contributed by atoms with Crippen LogP contribution in [0.3, 0.4) is 0 Å². The van der Waals surface area contributed by atoms with Crippen LogP contribution in [0, 0.1) is 0 Å². The van der Waals surface area contributed by atoms with Gasteiger partial charge in [0.1, 0.15) is 13.2 Å². The van der Waals surface area contributed by atoms with E-state index in [-0.39, 0.29) is 31.1 Å². The van der Waals surface area contributed by atoms with Crippen LogP contribution >= 0.6 is 0 Å². The number of ether oxygens (including phenoxy) is 3. The van der Waals surface area contributed by atoms with E-state index in [1.807, 2.05) is 0 Å². The van der Waals surface area contributed by atoms with Gasteiger partial charge in [0.15, 0.2) is 6.10 Å². The molecular weight excluding hydrogens is 697 g/mol. The van der Waals surface area contributed by atoms with Gasteiger partial charge in [0.2, 0.25) is 0 Å². The molecule has 0 saturated carbocycles. The Hall–Kier alpha value is -2.63. The first kappa shape index (κ1) is 53.4. The molecule has 0 N–H and O–H groups in total. The molecule has 0 amide bonds. The Morgan fingerprint density at radius 2 is 0.643 bits per heavy atom. The summed E-state index contributed by atoms with van der Waals surface area (Å²) < 4.78 is 16.6. The predicted molar refractivity (Wildman–Crippen MR) is 238 cm³/mol. The van der Waals surface area contributed by atoms with Gasteiger partial charge in [0.05, 0.1) is 0 Å². The van der Waals surface area contributed by atoms with E-state index in [2.05, 4.69) is 69.4 Å². The van der Waals surface area contributed by atoms with Crippen molar-refractivity contribution in [2.24, 2.45) is 0 Å². The lowest BCUT2D eigenvalue weighted by atomic mass is 10.1. The number of esters is 3. The van der Waals surface area contributed by atoms with Gasteiger partial charge in [-0.15, -0.1) is 0 Å². The maximum absolute atomic E-state index is 12.6. The summed E-state index contributed by atoms with van der Waals surface area (Å²) in [4.78, 5) is 37.5. The molecule has 324 valence electrons. The van der Waals surface area contributed by atoms with Gasteiger partial charge in [0, 0.05) is 19.3 Å². The molecule has 0 saturated heterocycles. The summed E-state index contributed by atoms with van der Waals surface area (Å²) in [6.07, 6.45) is 52.7. The van der Waals surface area contributed by atoms with Crippen LogP contribution < -0.4 is 0 Å². The van der Waals surface area contributed by atoms with Crippen molar-refractivity contribution in [1.82, 2.24) is 0 Å². The summed E-state index contributed by atoms with van der Waals surface area (Å²) in [5, 5.41) is 0. The standard InChI is InChI=1S/C50H88O6/c1-4-7-10-13-15-17-19-21-22-23-24-25-26-27-28-29-31-32-34-37-40-43-49(52)55-46-47(45-54-48(51)42-39-36-12-9-6-3)56-50(53)44-41-38-35-33-30-20-18-16-14-11-8-5-2/h16,18-19,21,23-24,26-27,47H,4-15,17,20,22,25,28-46H2,1-3H3/b18-16-,21-19-,24-23-,27-26-.